The van der Waals surface area contributed by atoms with Crippen LogP contribution >= 0.6 is 0 Å². The Morgan fingerprint density at radius 2 is 1.83 bits per heavy atom. The standard InChI is InChI=1S/C16H14N2/c1-2-5-13(6-3-1)9-10-15-11-16(18-12-17-15)14-7-4-8-14/h1-3,5-6,11-12,14H,4,7-8H2. The van der Waals surface area contributed by atoms with Gasteiger partial charge in [-0.05, 0) is 37.0 Å². The van der Waals surface area contributed by atoms with Crippen LogP contribution in [0.5, 0.6) is 0 Å². The molecule has 0 amide bonds. The number of benzene rings is 1. The lowest BCUT2D eigenvalue weighted by atomic mass is 9.83. The number of nitrogens with zero attached hydrogens (tertiary/aromatic N) is 2. The summed E-state index contributed by atoms with van der Waals surface area (Å²) in [7, 11) is 0. The molecule has 0 N–H and O–H groups in total. The Balaban J connectivity index is 1.82. The highest BCUT2D eigenvalue weighted by atomic mass is 14.8. The van der Waals surface area contributed by atoms with E-state index in [-0.39, 0.29) is 0 Å². The number of hydrogen-bond acceptors (Lipinski definition) is 2. The second-order valence-corrected chi connectivity index (χ2v) is 4.57. The lowest BCUT2D eigenvalue weighted by Gasteiger charge is -2.24. The third-order valence-corrected chi connectivity index (χ3v) is 3.32. The Bertz CT molecular complexity index is 589. The van der Waals surface area contributed by atoms with E-state index in [2.05, 4.69) is 21.8 Å². The van der Waals surface area contributed by atoms with Crippen LogP contribution in [0.25, 0.3) is 0 Å². The predicted molar refractivity (Wildman–Crippen MR) is 71.0 cm³/mol. The fourth-order valence-electron chi connectivity index (χ4n) is 2.03. The lowest BCUT2D eigenvalue weighted by molar-refractivity contribution is 0.410. The molecule has 0 radical (unpaired) electrons. The molecule has 1 aliphatic rings. The van der Waals surface area contributed by atoms with Crippen molar-refractivity contribution in [3.63, 3.8) is 0 Å². The highest BCUT2D eigenvalue weighted by Gasteiger charge is 2.20. The molecule has 2 aromatic rings. The average Bonchev–Trinajstić information content (AvgIpc) is 2.36. The van der Waals surface area contributed by atoms with Crippen LogP contribution < -0.4 is 0 Å². The Morgan fingerprint density at radius 1 is 1.00 bits per heavy atom. The van der Waals surface area contributed by atoms with Gasteiger partial charge in [-0.15, -0.1) is 0 Å². The van der Waals surface area contributed by atoms with Gasteiger partial charge in [-0.3, -0.25) is 0 Å². The van der Waals surface area contributed by atoms with Crippen LogP contribution in [0.4, 0.5) is 0 Å². The van der Waals surface area contributed by atoms with Crippen molar-refractivity contribution in [3.8, 4) is 11.8 Å². The molecular weight excluding hydrogens is 220 g/mol. The molecule has 0 spiro atoms. The summed E-state index contributed by atoms with van der Waals surface area (Å²) in [6.45, 7) is 0. The molecule has 0 saturated heterocycles. The Hall–Kier alpha value is -2.14. The smallest absolute Gasteiger partial charge is 0.117 e. The van der Waals surface area contributed by atoms with Crippen molar-refractivity contribution in [2.45, 2.75) is 25.2 Å². The monoisotopic (exact) mass is 234 g/mol. The minimum Gasteiger partial charge on any atom is -0.241 e. The van der Waals surface area contributed by atoms with Crippen LogP contribution in [0.1, 0.15) is 42.1 Å². The van der Waals surface area contributed by atoms with Gasteiger partial charge in [0.25, 0.3) is 0 Å². The molecule has 0 unspecified atom stereocenters. The van der Waals surface area contributed by atoms with E-state index in [4.69, 9.17) is 0 Å². The van der Waals surface area contributed by atoms with Gasteiger partial charge in [0.15, 0.2) is 0 Å². The summed E-state index contributed by atoms with van der Waals surface area (Å²) >= 11 is 0. The van der Waals surface area contributed by atoms with Crippen LogP contribution in [0.2, 0.25) is 0 Å². The summed E-state index contributed by atoms with van der Waals surface area (Å²) < 4.78 is 0. The minimum absolute atomic E-state index is 0.630. The van der Waals surface area contributed by atoms with Crippen molar-refractivity contribution in [1.29, 1.82) is 0 Å². The molecule has 0 atom stereocenters. The van der Waals surface area contributed by atoms with Gasteiger partial charge in [0.1, 0.15) is 12.0 Å². The van der Waals surface area contributed by atoms with Gasteiger partial charge in [0.05, 0.1) is 0 Å². The number of rotatable bonds is 1. The lowest BCUT2D eigenvalue weighted by Crippen LogP contribution is -2.10. The fraction of sp³-hybridized carbons (Fsp3) is 0.250. The molecule has 1 aromatic carbocycles. The van der Waals surface area contributed by atoms with Crippen LogP contribution in [0.15, 0.2) is 42.7 Å². The van der Waals surface area contributed by atoms with Gasteiger partial charge in [-0.2, -0.15) is 0 Å². The molecular formula is C16H14N2. The van der Waals surface area contributed by atoms with Crippen LogP contribution in [-0.4, -0.2) is 9.97 Å². The van der Waals surface area contributed by atoms with E-state index in [1.807, 2.05) is 36.4 Å². The highest BCUT2D eigenvalue weighted by molar-refractivity contribution is 5.40. The average molecular weight is 234 g/mol. The van der Waals surface area contributed by atoms with Crippen LogP contribution in [0, 0.1) is 11.8 Å². The normalized spacial score (nSPS) is 14.4. The van der Waals surface area contributed by atoms with Gasteiger partial charge in [-0.1, -0.05) is 30.5 Å². The first-order chi connectivity index (χ1) is 8.92. The van der Waals surface area contributed by atoms with Gasteiger partial charge < -0.3 is 0 Å². The van der Waals surface area contributed by atoms with Crippen molar-refractivity contribution in [1.82, 2.24) is 9.97 Å². The topological polar surface area (TPSA) is 25.8 Å². The van der Waals surface area contributed by atoms with Crippen molar-refractivity contribution in [2.75, 3.05) is 0 Å². The molecule has 3 rings (SSSR count). The van der Waals surface area contributed by atoms with E-state index in [1.54, 1.807) is 6.33 Å². The molecule has 0 bridgehead atoms. The van der Waals surface area contributed by atoms with E-state index in [1.165, 1.54) is 19.3 Å². The largest absolute Gasteiger partial charge is 0.241 e. The molecule has 88 valence electrons. The molecule has 0 aliphatic heterocycles. The molecule has 1 aromatic heterocycles. The van der Waals surface area contributed by atoms with Crippen molar-refractivity contribution in [2.24, 2.45) is 0 Å². The van der Waals surface area contributed by atoms with E-state index in [9.17, 15) is 0 Å². The van der Waals surface area contributed by atoms with E-state index < -0.39 is 0 Å². The first-order valence-electron chi connectivity index (χ1n) is 6.31. The molecule has 1 fully saturated rings. The highest BCUT2D eigenvalue weighted by Crippen LogP contribution is 2.34. The summed E-state index contributed by atoms with van der Waals surface area (Å²) in [5.41, 5.74) is 2.98. The molecule has 1 heterocycles. The number of hydrogen-bond donors (Lipinski definition) is 0. The maximum atomic E-state index is 4.34. The molecule has 2 nitrogen and oxygen atoms in total. The zero-order valence-electron chi connectivity index (χ0n) is 10.1. The quantitative estimate of drug-likeness (QED) is 0.708. The van der Waals surface area contributed by atoms with E-state index in [0.717, 1.165) is 17.0 Å². The third kappa shape index (κ3) is 2.41. The second kappa shape index (κ2) is 5.01. The Labute approximate surface area is 107 Å². The Kier molecular flexibility index (Phi) is 3.06. The summed E-state index contributed by atoms with van der Waals surface area (Å²) in [5.74, 6) is 6.86. The van der Waals surface area contributed by atoms with Gasteiger partial charge in [-0.25, -0.2) is 9.97 Å². The summed E-state index contributed by atoms with van der Waals surface area (Å²) in [5, 5.41) is 0. The maximum absolute atomic E-state index is 4.34. The van der Waals surface area contributed by atoms with E-state index in [0.29, 0.717) is 5.92 Å². The van der Waals surface area contributed by atoms with Crippen molar-refractivity contribution < 1.29 is 0 Å². The van der Waals surface area contributed by atoms with Crippen LogP contribution in [0.3, 0.4) is 0 Å². The predicted octanol–water partition coefficient (Wildman–Crippen LogP) is 3.14. The summed E-state index contributed by atoms with van der Waals surface area (Å²) in [6.07, 6.45) is 5.45. The van der Waals surface area contributed by atoms with Crippen LogP contribution in [-0.2, 0) is 0 Å². The third-order valence-electron chi connectivity index (χ3n) is 3.32. The Morgan fingerprint density at radius 3 is 2.56 bits per heavy atom. The summed E-state index contributed by atoms with van der Waals surface area (Å²) in [6, 6.07) is 12.0. The molecule has 1 aliphatic carbocycles. The zero-order valence-corrected chi connectivity index (χ0v) is 10.1. The fourth-order valence-corrected chi connectivity index (χ4v) is 2.03. The summed E-state index contributed by atoms with van der Waals surface area (Å²) in [4.78, 5) is 8.55. The number of aromatic nitrogens is 2. The zero-order chi connectivity index (χ0) is 12.2. The van der Waals surface area contributed by atoms with E-state index >= 15 is 0 Å². The minimum atomic E-state index is 0.630. The second-order valence-electron chi connectivity index (χ2n) is 4.57. The first-order valence-corrected chi connectivity index (χ1v) is 6.31. The molecule has 1 saturated carbocycles. The van der Waals surface area contributed by atoms with Crippen molar-refractivity contribution >= 4 is 0 Å². The first kappa shape index (κ1) is 11.0. The van der Waals surface area contributed by atoms with Gasteiger partial charge >= 0.3 is 0 Å². The molecule has 2 heteroatoms. The SMILES string of the molecule is C(#Cc1cc(C2CCC2)ncn1)c1ccccc1. The van der Waals surface area contributed by atoms with Crippen molar-refractivity contribution in [3.05, 3.63) is 59.7 Å². The maximum Gasteiger partial charge on any atom is 0.117 e. The molecule has 18 heavy (non-hydrogen) atoms. The van der Waals surface area contributed by atoms with Gasteiger partial charge in [0.2, 0.25) is 0 Å². The van der Waals surface area contributed by atoms with Gasteiger partial charge in [0, 0.05) is 17.2 Å².